The fourth-order valence-electron chi connectivity index (χ4n) is 9.22. The minimum absolute atomic E-state index is 0.244. The molecule has 0 fully saturated rings. The van der Waals surface area contributed by atoms with Crippen LogP contribution in [0.2, 0.25) is 0 Å². The summed E-state index contributed by atoms with van der Waals surface area (Å²) in [5, 5.41) is 0. The third-order valence-corrected chi connectivity index (χ3v) is 11.5. The molecule has 54 heavy (non-hydrogen) atoms. The fourth-order valence-corrected chi connectivity index (χ4v) is 9.22. The van der Waals surface area contributed by atoms with Crippen LogP contribution in [0.5, 0.6) is 0 Å². The molecule has 5 aromatic carbocycles. The van der Waals surface area contributed by atoms with E-state index in [0.717, 1.165) is 40.9 Å². The largest absolute Gasteiger partial charge is 0.313 e. The Morgan fingerprint density at radius 1 is 0.630 bits per heavy atom. The number of benzene rings is 5. The zero-order chi connectivity index (χ0) is 36.8. The third kappa shape index (κ3) is 5.44. The molecule has 0 N–H and O–H groups in total. The lowest BCUT2D eigenvalue weighted by Gasteiger charge is -2.35. The summed E-state index contributed by atoms with van der Waals surface area (Å²) in [6, 6.07) is 52.9. The molecule has 10 rings (SSSR count). The molecule has 0 saturated heterocycles. The number of rotatable bonds is 6. The molecule has 0 saturated carbocycles. The summed E-state index contributed by atoms with van der Waals surface area (Å²) in [5.41, 5.74) is 22.1. The van der Waals surface area contributed by atoms with Crippen LogP contribution >= 0.6 is 0 Å². The van der Waals surface area contributed by atoms with E-state index in [-0.39, 0.29) is 5.92 Å². The van der Waals surface area contributed by atoms with Crippen molar-refractivity contribution >= 4 is 11.4 Å². The molecule has 2 atom stereocenters. The van der Waals surface area contributed by atoms with Gasteiger partial charge in [-0.3, -0.25) is 0 Å². The molecule has 2 nitrogen and oxygen atoms in total. The predicted molar refractivity (Wildman–Crippen MR) is 227 cm³/mol. The van der Waals surface area contributed by atoms with E-state index in [9.17, 15) is 0 Å². The van der Waals surface area contributed by atoms with Crippen molar-refractivity contribution in [1.29, 1.82) is 0 Å². The Morgan fingerprint density at radius 2 is 1.24 bits per heavy atom. The van der Waals surface area contributed by atoms with Crippen LogP contribution in [0.3, 0.4) is 0 Å². The lowest BCUT2D eigenvalue weighted by Crippen LogP contribution is -2.24. The molecule has 0 spiro atoms. The average Bonchev–Trinajstić information content (AvgIpc) is 3.90. The minimum Gasteiger partial charge on any atom is -0.313 e. The van der Waals surface area contributed by atoms with Crippen molar-refractivity contribution in [2.45, 2.75) is 45.4 Å². The molecule has 1 aromatic heterocycles. The standard InChI is InChI=1S/C50H38N2.C2H6/c1-3-4-20-39-32(2)28-42-43-29-36-19-11-12-21-40(36)47(43)49-41-22-13-14-23-46(41)52(50(49)48(39)42)38-26-24-33(25-27-38)37-30-44(34-15-7-5-8-16-34)51-45(31-37)35-17-9-6-10-18-35;1-2/h3-27,30-31,47,49H,1,28-29H2,2H3;1-2H3/b20-4-;. The first-order chi connectivity index (χ1) is 26.7. The van der Waals surface area contributed by atoms with Gasteiger partial charge in [-0.05, 0) is 89.1 Å². The zero-order valence-electron chi connectivity index (χ0n) is 31.3. The molecular formula is C52H44N2. The van der Waals surface area contributed by atoms with Crippen LogP contribution in [0.15, 0.2) is 204 Å². The van der Waals surface area contributed by atoms with E-state index >= 15 is 0 Å². The second-order valence-corrected chi connectivity index (χ2v) is 14.4. The molecule has 2 unspecified atom stereocenters. The van der Waals surface area contributed by atoms with Gasteiger partial charge >= 0.3 is 0 Å². The lowest BCUT2D eigenvalue weighted by atomic mass is 9.72. The number of hydrogen-bond acceptors (Lipinski definition) is 2. The van der Waals surface area contributed by atoms with Crippen LogP contribution in [0.1, 0.15) is 55.7 Å². The number of allylic oxidation sites excluding steroid dienone is 9. The van der Waals surface area contributed by atoms with Crippen molar-refractivity contribution < 1.29 is 0 Å². The van der Waals surface area contributed by atoms with Gasteiger partial charge in [0.1, 0.15) is 0 Å². The molecule has 6 aromatic rings. The highest BCUT2D eigenvalue weighted by molar-refractivity contribution is 5.86. The van der Waals surface area contributed by atoms with Crippen LogP contribution < -0.4 is 4.90 Å². The second kappa shape index (κ2) is 14.0. The van der Waals surface area contributed by atoms with Gasteiger partial charge in [0.15, 0.2) is 0 Å². The summed E-state index contributed by atoms with van der Waals surface area (Å²) in [5.74, 6) is 0.587. The van der Waals surface area contributed by atoms with Gasteiger partial charge in [0.2, 0.25) is 0 Å². The first kappa shape index (κ1) is 33.6. The minimum atomic E-state index is 0.244. The Hall–Kier alpha value is -6.25. The van der Waals surface area contributed by atoms with E-state index < -0.39 is 0 Å². The van der Waals surface area contributed by atoms with Crippen molar-refractivity contribution in [2.75, 3.05) is 4.90 Å². The monoisotopic (exact) mass is 696 g/mol. The van der Waals surface area contributed by atoms with Crippen molar-refractivity contribution in [3.05, 3.63) is 221 Å². The van der Waals surface area contributed by atoms with Crippen molar-refractivity contribution in [3.63, 3.8) is 0 Å². The maximum absolute atomic E-state index is 5.12. The van der Waals surface area contributed by atoms with Crippen LogP contribution in [0.25, 0.3) is 33.6 Å². The number of nitrogens with zero attached hydrogens (tertiary/aromatic N) is 2. The van der Waals surface area contributed by atoms with E-state index in [1.807, 2.05) is 19.9 Å². The van der Waals surface area contributed by atoms with Crippen LogP contribution in [-0.4, -0.2) is 4.98 Å². The highest BCUT2D eigenvalue weighted by Gasteiger charge is 2.50. The number of pyridine rings is 1. The summed E-state index contributed by atoms with van der Waals surface area (Å²) in [6.45, 7) is 10.3. The summed E-state index contributed by atoms with van der Waals surface area (Å²) < 4.78 is 0. The maximum atomic E-state index is 5.12. The Morgan fingerprint density at radius 3 is 1.91 bits per heavy atom. The Balaban J connectivity index is 0.00000189. The Bertz CT molecular complexity index is 2470. The molecule has 0 bridgehead atoms. The van der Waals surface area contributed by atoms with Crippen LogP contribution in [-0.2, 0) is 6.42 Å². The molecule has 4 aliphatic rings. The van der Waals surface area contributed by atoms with Gasteiger partial charge in [0.05, 0.1) is 11.4 Å². The second-order valence-electron chi connectivity index (χ2n) is 14.4. The van der Waals surface area contributed by atoms with Gasteiger partial charge in [-0.25, -0.2) is 4.98 Å². The first-order valence-electron chi connectivity index (χ1n) is 19.3. The first-order valence-corrected chi connectivity index (χ1v) is 19.3. The van der Waals surface area contributed by atoms with Gasteiger partial charge in [-0.2, -0.15) is 0 Å². The maximum Gasteiger partial charge on any atom is 0.0715 e. The van der Waals surface area contributed by atoms with Crippen molar-refractivity contribution in [3.8, 4) is 33.6 Å². The summed E-state index contributed by atoms with van der Waals surface area (Å²) in [6.07, 6.45) is 8.33. The molecule has 2 heteroatoms. The summed E-state index contributed by atoms with van der Waals surface area (Å²) >= 11 is 0. The number of hydrogen-bond donors (Lipinski definition) is 0. The van der Waals surface area contributed by atoms with E-state index in [1.54, 1.807) is 5.57 Å². The van der Waals surface area contributed by atoms with Crippen LogP contribution in [0, 0.1) is 0 Å². The van der Waals surface area contributed by atoms with Crippen molar-refractivity contribution in [1.82, 2.24) is 4.98 Å². The van der Waals surface area contributed by atoms with Gasteiger partial charge in [-0.1, -0.05) is 165 Å². The smallest absolute Gasteiger partial charge is 0.0715 e. The highest BCUT2D eigenvalue weighted by Crippen LogP contribution is 2.65. The number of fused-ring (bicyclic) bond motifs is 8. The lowest BCUT2D eigenvalue weighted by molar-refractivity contribution is 0.671. The van der Waals surface area contributed by atoms with Gasteiger partial charge < -0.3 is 4.90 Å². The van der Waals surface area contributed by atoms with Gasteiger partial charge in [0, 0.05) is 45.6 Å². The zero-order valence-corrected chi connectivity index (χ0v) is 31.3. The number of aromatic nitrogens is 1. The Labute approximate surface area is 319 Å². The Kier molecular flexibility index (Phi) is 8.67. The SMILES string of the molecule is C=C/C=C\C1=C(C)CC2=C3Cc4ccccc4C3C3C(=C12)N(c1ccc(-c2cc(-c4ccccc4)nc(-c4ccccc4)c2)cc1)c1ccccc13.CC. The number of para-hydroxylation sites is 1. The van der Waals surface area contributed by atoms with E-state index in [0.29, 0.717) is 5.92 Å². The molecule has 1 aliphatic heterocycles. The molecular weight excluding hydrogens is 653 g/mol. The fraction of sp³-hybridized carbons (Fsp3) is 0.135. The average molecular weight is 697 g/mol. The van der Waals surface area contributed by atoms with E-state index in [2.05, 4.69) is 176 Å². The van der Waals surface area contributed by atoms with Gasteiger partial charge in [0.25, 0.3) is 0 Å². The normalized spacial score (nSPS) is 17.9. The number of anilines is 2. The molecule has 0 amide bonds. The third-order valence-electron chi connectivity index (χ3n) is 11.5. The molecule has 0 radical (unpaired) electrons. The van der Waals surface area contributed by atoms with Crippen molar-refractivity contribution in [2.24, 2.45) is 0 Å². The highest BCUT2D eigenvalue weighted by atomic mass is 15.2. The van der Waals surface area contributed by atoms with E-state index in [1.165, 1.54) is 61.6 Å². The van der Waals surface area contributed by atoms with Gasteiger partial charge in [-0.15, -0.1) is 0 Å². The summed E-state index contributed by atoms with van der Waals surface area (Å²) in [4.78, 5) is 7.70. The molecule has 3 aliphatic carbocycles. The molecule has 2 heterocycles. The van der Waals surface area contributed by atoms with E-state index in [4.69, 9.17) is 4.98 Å². The summed E-state index contributed by atoms with van der Waals surface area (Å²) in [7, 11) is 0. The molecule has 262 valence electrons. The quantitative estimate of drug-likeness (QED) is 0.161. The predicted octanol–water partition coefficient (Wildman–Crippen LogP) is 13.7. The topological polar surface area (TPSA) is 16.1 Å². The van der Waals surface area contributed by atoms with Crippen LogP contribution in [0.4, 0.5) is 11.4 Å².